The van der Waals surface area contributed by atoms with E-state index in [4.69, 9.17) is 23.3 Å². The molecule has 0 aromatic rings. The Morgan fingerprint density at radius 1 is 0.392 bits per heavy atom. The number of phosphoric ester groups is 1. The standard InChI is InChI=1S/C62H103O11P/c1-4-7-10-13-16-19-21-23-25-27-29-31-33-35-37-40-42-45-48-51-60(64)69-55-59(57-71-74(67,68)70-56-58(54-63)72-61(65)52-49-46-43-39-18-15-12-9-6-3)73-62(66)53-50-47-44-41-38-36-34-32-30-28-26-24-22-20-17-14-11-8-5-2/h7-8,10-11,16-17,19-20,23-26,29-32,36,38,58-59,63H,4-6,9,12-15,18,21-22,27-28,33-35,37,39-57H2,1-3H3,(H,67,68)/b10-7-,11-8-,19-16-,20-17-,25-23-,26-24-,31-29-,32-30-,38-36-. The minimum atomic E-state index is -4.76. The van der Waals surface area contributed by atoms with Crippen LogP contribution in [0.2, 0.25) is 0 Å². The number of allylic oxidation sites excluding steroid dienone is 18. The summed E-state index contributed by atoms with van der Waals surface area (Å²) in [4.78, 5) is 48.5. The van der Waals surface area contributed by atoms with E-state index >= 15 is 0 Å². The molecule has 2 N–H and O–H groups in total. The molecular weight excluding hydrogens is 952 g/mol. The first-order valence-electron chi connectivity index (χ1n) is 28.8. The fourth-order valence-corrected chi connectivity index (χ4v) is 8.16. The van der Waals surface area contributed by atoms with Crippen LogP contribution < -0.4 is 0 Å². The first-order valence-corrected chi connectivity index (χ1v) is 30.3. The molecule has 0 heterocycles. The van der Waals surface area contributed by atoms with Crippen molar-refractivity contribution in [3.8, 4) is 0 Å². The third-order valence-electron chi connectivity index (χ3n) is 11.7. The fourth-order valence-electron chi connectivity index (χ4n) is 7.37. The molecular formula is C62H103O11P. The van der Waals surface area contributed by atoms with Gasteiger partial charge in [0, 0.05) is 19.3 Å². The normalized spacial score (nSPS) is 14.2. The van der Waals surface area contributed by atoms with E-state index in [0.29, 0.717) is 19.3 Å². The highest BCUT2D eigenvalue weighted by molar-refractivity contribution is 7.47. The van der Waals surface area contributed by atoms with Gasteiger partial charge in [-0.25, -0.2) is 4.57 Å². The number of carbonyl (C=O) groups excluding carboxylic acids is 3. The zero-order chi connectivity index (χ0) is 54.1. The summed E-state index contributed by atoms with van der Waals surface area (Å²) >= 11 is 0. The number of aliphatic hydroxyl groups excluding tert-OH is 1. The molecule has 0 aliphatic heterocycles. The van der Waals surface area contributed by atoms with Crippen LogP contribution in [0, 0.1) is 0 Å². The van der Waals surface area contributed by atoms with Crippen LogP contribution in [0.15, 0.2) is 109 Å². The summed E-state index contributed by atoms with van der Waals surface area (Å²) in [6.45, 7) is 4.33. The molecule has 0 spiro atoms. The van der Waals surface area contributed by atoms with E-state index in [-0.39, 0.29) is 25.9 Å². The third kappa shape index (κ3) is 53.0. The summed E-state index contributed by atoms with van der Waals surface area (Å²) in [7, 11) is -4.76. The van der Waals surface area contributed by atoms with Crippen molar-refractivity contribution in [1.29, 1.82) is 0 Å². The Morgan fingerprint density at radius 3 is 1.09 bits per heavy atom. The van der Waals surface area contributed by atoms with Crippen molar-refractivity contribution in [2.45, 2.75) is 238 Å². The summed E-state index contributed by atoms with van der Waals surface area (Å²) in [5.74, 6) is -1.53. The number of ether oxygens (including phenoxy) is 3. The first kappa shape index (κ1) is 70.1. The molecule has 0 radical (unpaired) electrons. The molecule has 0 aliphatic rings. The van der Waals surface area contributed by atoms with Gasteiger partial charge in [0.05, 0.1) is 19.8 Å². The van der Waals surface area contributed by atoms with Gasteiger partial charge in [-0.05, 0) is 103 Å². The molecule has 74 heavy (non-hydrogen) atoms. The summed E-state index contributed by atoms with van der Waals surface area (Å²) in [5, 5.41) is 9.78. The number of rotatable bonds is 52. The van der Waals surface area contributed by atoms with Crippen molar-refractivity contribution in [3.63, 3.8) is 0 Å². The van der Waals surface area contributed by atoms with E-state index in [9.17, 15) is 28.9 Å². The minimum Gasteiger partial charge on any atom is -0.462 e. The maximum Gasteiger partial charge on any atom is 0.472 e. The number of esters is 3. The van der Waals surface area contributed by atoms with E-state index < -0.39 is 57.8 Å². The monoisotopic (exact) mass is 1050 g/mol. The van der Waals surface area contributed by atoms with Crippen molar-refractivity contribution in [1.82, 2.24) is 0 Å². The Hall–Kier alpha value is -3.86. The highest BCUT2D eigenvalue weighted by Gasteiger charge is 2.28. The maximum atomic E-state index is 12.9. The molecule has 0 aromatic heterocycles. The van der Waals surface area contributed by atoms with Gasteiger partial charge in [-0.15, -0.1) is 0 Å². The number of carbonyl (C=O) groups is 3. The highest BCUT2D eigenvalue weighted by atomic mass is 31.2. The number of phosphoric acid groups is 1. The summed E-state index contributed by atoms with van der Waals surface area (Å²) in [6, 6.07) is 0. The number of hydrogen-bond donors (Lipinski definition) is 2. The second kappa shape index (κ2) is 55.4. The van der Waals surface area contributed by atoms with E-state index in [1.54, 1.807) is 0 Å². The molecule has 3 unspecified atom stereocenters. The van der Waals surface area contributed by atoms with Gasteiger partial charge in [-0.2, -0.15) is 0 Å². The van der Waals surface area contributed by atoms with Crippen molar-refractivity contribution in [3.05, 3.63) is 109 Å². The molecule has 0 saturated heterocycles. The Kier molecular flexibility index (Phi) is 52.5. The average Bonchev–Trinajstić information content (AvgIpc) is 3.39. The SMILES string of the molecule is CC/C=C\C/C=C\C/C=C\C/C=C\C/C=C\CCCCCC(=O)OC(COC(=O)CCCCCCCC/C=C\C/C=C\C/C=C\C/C=C\CC)COP(=O)(O)OCC(CO)OC(=O)CCCCCCCCCCC. The van der Waals surface area contributed by atoms with Crippen LogP contribution in [0.4, 0.5) is 0 Å². The third-order valence-corrected chi connectivity index (χ3v) is 12.6. The summed E-state index contributed by atoms with van der Waals surface area (Å²) < 4.78 is 39.4. The Morgan fingerprint density at radius 2 is 0.703 bits per heavy atom. The van der Waals surface area contributed by atoms with Crippen LogP contribution in [-0.2, 0) is 42.2 Å². The van der Waals surface area contributed by atoms with Crippen LogP contribution in [-0.4, -0.2) is 66.5 Å². The lowest BCUT2D eigenvalue weighted by atomic mass is 10.1. The Bertz CT molecular complexity index is 1660. The summed E-state index contributed by atoms with van der Waals surface area (Å²) in [6.07, 6.45) is 66.3. The predicted octanol–water partition coefficient (Wildman–Crippen LogP) is 17.0. The number of unbranched alkanes of at least 4 members (excludes halogenated alkanes) is 17. The van der Waals surface area contributed by atoms with Gasteiger partial charge >= 0.3 is 25.7 Å². The van der Waals surface area contributed by atoms with Gasteiger partial charge < -0.3 is 24.2 Å². The molecule has 0 fully saturated rings. The molecule has 422 valence electrons. The topological polar surface area (TPSA) is 155 Å². The van der Waals surface area contributed by atoms with Gasteiger partial charge in [0.15, 0.2) is 6.10 Å². The lowest BCUT2D eigenvalue weighted by Gasteiger charge is -2.21. The van der Waals surface area contributed by atoms with Crippen LogP contribution in [0.25, 0.3) is 0 Å². The van der Waals surface area contributed by atoms with Crippen molar-refractivity contribution >= 4 is 25.7 Å². The van der Waals surface area contributed by atoms with E-state index in [1.807, 2.05) is 0 Å². The van der Waals surface area contributed by atoms with Crippen LogP contribution in [0.1, 0.15) is 226 Å². The number of hydrogen-bond acceptors (Lipinski definition) is 10. The fraction of sp³-hybridized carbons (Fsp3) is 0.661. The largest absolute Gasteiger partial charge is 0.472 e. The van der Waals surface area contributed by atoms with Crippen LogP contribution >= 0.6 is 7.82 Å². The van der Waals surface area contributed by atoms with Crippen molar-refractivity contribution < 1.29 is 52.2 Å². The number of aliphatic hydroxyl groups is 1. The zero-order valence-corrected chi connectivity index (χ0v) is 47.4. The Balaban J connectivity index is 4.81. The van der Waals surface area contributed by atoms with Gasteiger partial charge in [-0.3, -0.25) is 23.4 Å². The van der Waals surface area contributed by atoms with E-state index in [0.717, 1.165) is 135 Å². The quantitative estimate of drug-likeness (QED) is 0.0197. The second-order valence-corrected chi connectivity index (χ2v) is 20.1. The molecule has 0 amide bonds. The molecule has 3 atom stereocenters. The van der Waals surface area contributed by atoms with Gasteiger partial charge in [0.2, 0.25) is 0 Å². The van der Waals surface area contributed by atoms with Gasteiger partial charge in [0.25, 0.3) is 0 Å². The van der Waals surface area contributed by atoms with Gasteiger partial charge in [0.1, 0.15) is 12.7 Å². The molecule has 0 aliphatic carbocycles. The Labute approximate surface area is 450 Å². The van der Waals surface area contributed by atoms with Crippen molar-refractivity contribution in [2.75, 3.05) is 26.4 Å². The second-order valence-electron chi connectivity index (χ2n) is 18.7. The molecule has 12 heteroatoms. The average molecular weight is 1060 g/mol. The minimum absolute atomic E-state index is 0.120. The highest BCUT2D eigenvalue weighted by Crippen LogP contribution is 2.43. The van der Waals surface area contributed by atoms with Crippen LogP contribution in [0.5, 0.6) is 0 Å². The molecule has 11 nitrogen and oxygen atoms in total. The maximum absolute atomic E-state index is 12.9. The molecule has 0 saturated carbocycles. The molecule has 0 aromatic carbocycles. The first-order chi connectivity index (χ1) is 36.2. The summed E-state index contributed by atoms with van der Waals surface area (Å²) in [5.41, 5.74) is 0. The van der Waals surface area contributed by atoms with Crippen molar-refractivity contribution in [2.24, 2.45) is 0 Å². The lowest BCUT2D eigenvalue weighted by molar-refractivity contribution is -0.161. The predicted molar refractivity (Wildman–Crippen MR) is 307 cm³/mol. The molecule has 0 bridgehead atoms. The van der Waals surface area contributed by atoms with E-state index in [2.05, 4.69) is 130 Å². The zero-order valence-electron chi connectivity index (χ0n) is 46.5. The van der Waals surface area contributed by atoms with Crippen LogP contribution in [0.3, 0.4) is 0 Å². The van der Waals surface area contributed by atoms with E-state index in [1.165, 1.54) is 32.1 Å². The molecule has 0 rings (SSSR count). The smallest absolute Gasteiger partial charge is 0.462 e. The lowest BCUT2D eigenvalue weighted by Crippen LogP contribution is -2.30. The van der Waals surface area contributed by atoms with Gasteiger partial charge in [-0.1, -0.05) is 214 Å².